The minimum absolute atomic E-state index is 0.0599. The second kappa shape index (κ2) is 7.40. The van der Waals surface area contributed by atoms with Gasteiger partial charge in [0, 0.05) is 19.0 Å². The molecule has 3 rings (SSSR count). The summed E-state index contributed by atoms with van der Waals surface area (Å²) < 4.78 is 5.46. The van der Waals surface area contributed by atoms with Crippen LogP contribution in [0.4, 0.5) is 10.5 Å². The molecule has 0 radical (unpaired) electrons. The van der Waals surface area contributed by atoms with Crippen LogP contribution in [0, 0.1) is 0 Å². The number of rotatable bonds is 3. The van der Waals surface area contributed by atoms with Crippen LogP contribution >= 0.6 is 11.6 Å². The molecule has 2 fully saturated rings. The van der Waals surface area contributed by atoms with Crippen molar-refractivity contribution in [2.75, 3.05) is 18.0 Å². The number of ether oxygens (including phenoxy) is 1. The van der Waals surface area contributed by atoms with Crippen molar-refractivity contribution in [3.05, 3.63) is 21.6 Å². The fraction of sp³-hybridized carbons (Fsp3) is 0.667. The molecule has 0 bridgehead atoms. The Hall–Kier alpha value is -1.80. The number of carbonyl (C=O) groups excluding carboxylic acids is 1. The van der Waals surface area contributed by atoms with E-state index in [4.69, 9.17) is 16.3 Å². The van der Waals surface area contributed by atoms with E-state index in [1.807, 2.05) is 4.90 Å². The SMILES string of the molecule is O=C(N[C@H]1CC[C@H](O)CC1)O[C@@H]1CCN(c2cn[nH]c(=O)c2Cl)C1. The van der Waals surface area contributed by atoms with Gasteiger partial charge in [-0.25, -0.2) is 9.89 Å². The van der Waals surface area contributed by atoms with Crippen molar-refractivity contribution in [2.24, 2.45) is 0 Å². The minimum atomic E-state index is -0.434. The van der Waals surface area contributed by atoms with Crippen LogP contribution in [0.2, 0.25) is 5.02 Å². The Labute approximate surface area is 144 Å². The standard InChI is InChI=1S/C15H21ClN4O4/c16-13-12(7-17-19-14(13)22)20-6-5-11(8-20)24-15(23)18-9-1-3-10(21)4-2-9/h7,9-11,21H,1-6,8H2,(H,18,23)(H,19,22)/t9-,10-,11-/m1/s1. The molecule has 1 aliphatic carbocycles. The Balaban J connectivity index is 1.50. The molecule has 0 aromatic carbocycles. The lowest BCUT2D eigenvalue weighted by Crippen LogP contribution is -2.40. The van der Waals surface area contributed by atoms with Crippen LogP contribution in [0.3, 0.4) is 0 Å². The molecule has 0 unspecified atom stereocenters. The molecule has 9 heteroatoms. The first-order valence-corrected chi connectivity index (χ1v) is 8.54. The first-order chi connectivity index (χ1) is 11.5. The Morgan fingerprint density at radius 2 is 2.12 bits per heavy atom. The van der Waals surface area contributed by atoms with Crippen LogP contribution in [-0.2, 0) is 4.74 Å². The van der Waals surface area contributed by atoms with Crippen LogP contribution in [-0.4, -0.2) is 52.7 Å². The van der Waals surface area contributed by atoms with Gasteiger partial charge in [0.2, 0.25) is 0 Å². The number of nitrogens with one attached hydrogen (secondary N) is 2. The van der Waals surface area contributed by atoms with Gasteiger partial charge in [-0.05, 0) is 25.7 Å². The third kappa shape index (κ3) is 3.99. The largest absolute Gasteiger partial charge is 0.444 e. The summed E-state index contributed by atoms with van der Waals surface area (Å²) in [5, 5.41) is 18.5. The monoisotopic (exact) mass is 356 g/mol. The molecule has 1 amide bonds. The van der Waals surface area contributed by atoms with E-state index < -0.39 is 11.7 Å². The molecular weight excluding hydrogens is 336 g/mol. The second-order valence-corrected chi connectivity index (χ2v) is 6.69. The third-order valence-corrected chi connectivity index (χ3v) is 4.92. The quantitative estimate of drug-likeness (QED) is 0.746. The zero-order chi connectivity index (χ0) is 17.1. The van der Waals surface area contributed by atoms with Gasteiger partial charge in [-0.3, -0.25) is 4.79 Å². The summed E-state index contributed by atoms with van der Waals surface area (Å²) in [7, 11) is 0. The number of halogens is 1. The summed E-state index contributed by atoms with van der Waals surface area (Å²) in [5.74, 6) is 0. The highest BCUT2D eigenvalue weighted by Gasteiger charge is 2.29. The number of alkyl carbamates (subject to hydrolysis) is 1. The van der Waals surface area contributed by atoms with Crippen molar-refractivity contribution in [2.45, 2.75) is 50.4 Å². The average molecular weight is 357 g/mol. The van der Waals surface area contributed by atoms with Crippen LogP contribution < -0.4 is 15.8 Å². The number of hydrogen-bond donors (Lipinski definition) is 3. The molecule has 1 saturated carbocycles. The molecule has 2 heterocycles. The number of aromatic amines is 1. The molecule has 1 atom stereocenters. The highest BCUT2D eigenvalue weighted by atomic mass is 35.5. The van der Waals surface area contributed by atoms with Gasteiger partial charge >= 0.3 is 6.09 Å². The van der Waals surface area contributed by atoms with Gasteiger partial charge in [0.15, 0.2) is 0 Å². The first kappa shape index (κ1) is 17.0. The van der Waals surface area contributed by atoms with E-state index in [2.05, 4.69) is 15.5 Å². The zero-order valence-corrected chi connectivity index (χ0v) is 14.0. The van der Waals surface area contributed by atoms with Crippen LogP contribution in [0.1, 0.15) is 32.1 Å². The molecule has 2 aliphatic rings. The van der Waals surface area contributed by atoms with Crippen molar-refractivity contribution in [3.63, 3.8) is 0 Å². The van der Waals surface area contributed by atoms with E-state index in [-0.39, 0.29) is 23.3 Å². The van der Waals surface area contributed by atoms with E-state index in [1.54, 1.807) is 0 Å². The summed E-state index contributed by atoms with van der Waals surface area (Å²) in [4.78, 5) is 25.4. The maximum absolute atomic E-state index is 12.0. The predicted octanol–water partition coefficient (Wildman–Crippen LogP) is 1.03. The van der Waals surface area contributed by atoms with E-state index in [0.717, 1.165) is 12.8 Å². The lowest BCUT2D eigenvalue weighted by Gasteiger charge is -2.26. The third-order valence-electron chi connectivity index (χ3n) is 4.56. The topological polar surface area (TPSA) is 108 Å². The molecule has 1 aliphatic heterocycles. The number of aromatic nitrogens is 2. The van der Waals surface area contributed by atoms with E-state index in [9.17, 15) is 14.7 Å². The first-order valence-electron chi connectivity index (χ1n) is 8.16. The van der Waals surface area contributed by atoms with Gasteiger partial charge in [0.25, 0.3) is 5.56 Å². The normalized spacial score (nSPS) is 27.1. The molecule has 0 spiro atoms. The molecule has 132 valence electrons. The number of carbonyl (C=O) groups is 1. The van der Waals surface area contributed by atoms with Crippen LogP contribution in [0.25, 0.3) is 0 Å². The molecule has 3 N–H and O–H groups in total. The molecule has 1 aromatic rings. The van der Waals surface area contributed by atoms with E-state index in [1.165, 1.54) is 6.20 Å². The number of aliphatic hydroxyl groups excluding tert-OH is 1. The molecular formula is C15H21ClN4O4. The van der Waals surface area contributed by atoms with E-state index >= 15 is 0 Å². The van der Waals surface area contributed by atoms with Gasteiger partial charge < -0.3 is 20.1 Å². The molecule has 24 heavy (non-hydrogen) atoms. The Bertz CT molecular complexity index is 645. The van der Waals surface area contributed by atoms with Crippen molar-refractivity contribution in [1.29, 1.82) is 0 Å². The fourth-order valence-corrected chi connectivity index (χ4v) is 3.42. The predicted molar refractivity (Wildman–Crippen MR) is 88.4 cm³/mol. The summed E-state index contributed by atoms with van der Waals surface area (Å²) in [5.41, 5.74) is 0.115. The number of anilines is 1. The van der Waals surface area contributed by atoms with Crippen LogP contribution in [0.15, 0.2) is 11.0 Å². The summed E-state index contributed by atoms with van der Waals surface area (Å²) in [6.45, 7) is 1.11. The lowest BCUT2D eigenvalue weighted by molar-refractivity contribution is 0.0900. The van der Waals surface area contributed by atoms with Crippen molar-refractivity contribution >= 4 is 23.4 Å². The summed E-state index contributed by atoms with van der Waals surface area (Å²) >= 11 is 6.00. The molecule has 1 aromatic heterocycles. The summed E-state index contributed by atoms with van der Waals surface area (Å²) in [6.07, 6.45) is 4.16. The van der Waals surface area contributed by atoms with Crippen molar-refractivity contribution < 1.29 is 14.6 Å². The molecule has 8 nitrogen and oxygen atoms in total. The smallest absolute Gasteiger partial charge is 0.407 e. The van der Waals surface area contributed by atoms with Gasteiger partial charge in [-0.1, -0.05) is 11.6 Å². The zero-order valence-electron chi connectivity index (χ0n) is 13.2. The van der Waals surface area contributed by atoms with E-state index in [0.29, 0.717) is 38.0 Å². The Morgan fingerprint density at radius 3 is 2.88 bits per heavy atom. The number of hydrogen-bond acceptors (Lipinski definition) is 6. The molecule has 1 saturated heterocycles. The maximum atomic E-state index is 12.0. The maximum Gasteiger partial charge on any atom is 0.407 e. The average Bonchev–Trinajstić information content (AvgIpc) is 3.00. The van der Waals surface area contributed by atoms with Gasteiger partial charge in [-0.2, -0.15) is 5.10 Å². The number of nitrogens with zero attached hydrogens (tertiary/aromatic N) is 2. The second-order valence-electron chi connectivity index (χ2n) is 6.31. The number of amides is 1. The summed E-state index contributed by atoms with van der Waals surface area (Å²) in [6, 6.07) is 0.0599. The van der Waals surface area contributed by atoms with Crippen LogP contribution in [0.5, 0.6) is 0 Å². The Morgan fingerprint density at radius 1 is 1.38 bits per heavy atom. The highest BCUT2D eigenvalue weighted by Crippen LogP contribution is 2.26. The van der Waals surface area contributed by atoms with Crippen molar-refractivity contribution in [3.8, 4) is 0 Å². The number of H-pyrrole nitrogens is 1. The van der Waals surface area contributed by atoms with Crippen molar-refractivity contribution in [1.82, 2.24) is 15.5 Å². The Kier molecular flexibility index (Phi) is 5.25. The fourth-order valence-electron chi connectivity index (χ4n) is 3.21. The minimum Gasteiger partial charge on any atom is -0.444 e. The van der Waals surface area contributed by atoms with Gasteiger partial charge in [0.1, 0.15) is 11.1 Å². The van der Waals surface area contributed by atoms with Gasteiger partial charge in [0.05, 0.1) is 24.5 Å². The highest BCUT2D eigenvalue weighted by molar-refractivity contribution is 6.33. The number of aliphatic hydroxyl groups is 1. The van der Waals surface area contributed by atoms with Gasteiger partial charge in [-0.15, -0.1) is 0 Å². The lowest BCUT2D eigenvalue weighted by atomic mass is 9.93.